The van der Waals surface area contributed by atoms with Gasteiger partial charge in [0.15, 0.2) is 12.5 Å². The van der Waals surface area contributed by atoms with Crippen LogP contribution >= 0.6 is 15.0 Å². The van der Waals surface area contributed by atoms with E-state index in [1.807, 2.05) is 28.3 Å². The fourth-order valence-corrected chi connectivity index (χ4v) is 10.9. The number of aliphatic hydroxyl groups excluding tert-OH is 1. The van der Waals surface area contributed by atoms with E-state index in [1.54, 1.807) is 27.2 Å². The van der Waals surface area contributed by atoms with Crippen LogP contribution in [0, 0.1) is 13.8 Å². The number of morpholine rings is 2. The molecule has 4 saturated heterocycles. The van der Waals surface area contributed by atoms with Crippen molar-refractivity contribution in [3.63, 3.8) is 0 Å². The van der Waals surface area contributed by atoms with Crippen molar-refractivity contribution in [3.8, 4) is 0 Å². The quantitative estimate of drug-likeness (QED) is 0.292. The van der Waals surface area contributed by atoms with Crippen LogP contribution in [0.5, 0.6) is 0 Å². The molecule has 21 heteroatoms. The molecule has 0 bridgehead atoms. The molecule has 4 aliphatic rings. The number of aliphatic hydroxyl groups is 1. The predicted molar refractivity (Wildman–Crippen MR) is 215 cm³/mol. The molecule has 4 fully saturated rings. The van der Waals surface area contributed by atoms with Crippen LogP contribution in [0.4, 0.5) is 0 Å². The largest absolute Gasteiger partial charge is 0.396 e. The Bertz CT molecular complexity index is 1940. The number of aryl methyl sites for hydroxylation is 2. The van der Waals surface area contributed by atoms with Gasteiger partial charge in [-0.3, -0.25) is 47.6 Å². The number of aromatic nitrogens is 4. The Balaban J connectivity index is 0.000000293. The first-order chi connectivity index (χ1) is 25.5. The van der Waals surface area contributed by atoms with Gasteiger partial charge in [0, 0.05) is 95.3 Å². The maximum Gasteiger partial charge on any atom is 0.330 e. The molecule has 0 aliphatic carbocycles. The second-order valence-electron chi connectivity index (χ2n) is 14.8. The van der Waals surface area contributed by atoms with Crippen LogP contribution in [0.15, 0.2) is 31.6 Å². The van der Waals surface area contributed by atoms with Gasteiger partial charge in [-0.25, -0.2) is 18.9 Å². The zero-order valence-corrected chi connectivity index (χ0v) is 33.8. The van der Waals surface area contributed by atoms with Gasteiger partial charge in [-0.15, -0.1) is 0 Å². The summed E-state index contributed by atoms with van der Waals surface area (Å²) >= 11 is 0. The Hall–Kier alpha value is -2.54. The lowest BCUT2D eigenvalue weighted by Crippen LogP contribution is -2.50. The van der Waals surface area contributed by atoms with E-state index in [2.05, 4.69) is 14.9 Å². The van der Waals surface area contributed by atoms with E-state index >= 15 is 0 Å². The average molecular weight is 835 g/mol. The number of nitrogens with one attached hydrogen (secondary N) is 2. The predicted octanol–water partition coefficient (Wildman–Crippen LogP) is 1.85. The Morgan fingerprint density at radius 2 is 1.41 bits per heavy atom. The maximum atomic E-state index is 13.2. The van der Waals surface area contributed by atoms with Gasteiger partial charge in [0.2, 0.25) is 0 Å². The van der Waals surface area contributed by atoms with Crippen molar-refractivity contribution in [2.45, 2.75) is 85.1 Å². The molecule has 6 rings (SSSR count). The number of aromatic amines is 2. The molecule has 0 aromatic carbocycles. The third-order valence-electron chi connectivity index (χ3n) is 10.2. The molecule has 320 valence electrons. The van der Waals surface area contributed by atoms with Crippen LogP contribution in [0.3, 0.4) is 0 Å². The number of hydrogen-bond acceptors (Lipinski definition) is 13. The molecule has 7 atom stereocenters. The Morgan fingerprint density at radius 3 is 1.95 bits per heavy atom. The second kappa shape index (κ2) is 20.4. The van der Waals surface area contributed by atoms with Crippen molar-refractivity contribution < 1.29 is 32.8 Å². The topological polar surface area (TPSA) is 214 Å². The minimum atomic E-state index is -3.02. The molecular formula is C35H64N8O11P2. The lowest BCUT2D eigenvalue weighted by atomic mass is 10.2. The summed E-state index contributed by atoms with van der Waals surface area (Å²) in [5, 5.41) is 9.24. The minimum Gasteiger partial charge on any atom is -0.396 e. The lowest BCUT2D eigenvalue weighted by molar-refractivity contribution is -0.128. The molecule has 0 saturated carbocycles. The summed E-state index contributed by atoms with van der Waals surface area (Å²) in [6.07, 6.45) is 4.62. The molecule has 4 unspecified atom stereocenters. The molecule has 56 heavy (non-hydrogen) atoms. The summed E-state index contributed by atoms with van der Waals surface area (Å²) in [7, 11) is -1.94. The zero-order valence-electron chi connectivity index (χ0n) is 32.0. The molecule has 2 aromatic heterocycles. The van der Waals surface area contributed by atoms with Gasteiger partial charge < -0.3 is 23.6 Å². The minimum absolute atomic E-state index is 0. The third kappa shape index (κ3) is 12.0. The number of ether oxygens (including phenoxy) is 2. The van der Waals surface area contributed by atoms with Gasteiger partial charge in [0.1, 0.15) is 0 Å². The van der Waals surface area contributed by atoms with Crippen LogP contribution in [0.1, 0.15) is 64.1 Å². The monoisotopic (exact) mass is 834 g/mol. The normalized spacial score (nSPS) is 29.0. The van der Waals surface area contributed by atoms with Crippen LogP contribution in [-0.2, 0) is 27.7 Å². The molecular weight excluding hydrogens is 770 g/mol. The summed E-state index contributed by atoms with van der Waals surface area (Å²) < 4.78 is 55.6. The van der Waals surface area contributed by atoms with E-state index in [4.69, 9.17) is 18.5 Å². The SMILES string of the molecule is C.C.Cc1cn(C2CN(C)C[C@@H](CN3CCCOP3(C)=O)O2)c(=O)[nH]c1=O.Cc1cn(C2CN(C)C[C@@H](COP(C)(=O)N3CCC[C@@H]3CCO)O2)c(=O)[nH]c1=O. The van der Waals surface area contributed by atoms with Gasteiger partial charge in [-0.2, -0.15) is 0 Å². The highest BCUT2D eigenvalue weighted by molar-refractivity contribution is 7.56. The van der Waals surface area contributed by atoms with Crippen molar-refractivity contribution in [2.75, 3.05) is 93.1 Å². The molecule has 4 aliphatic heterocycles. The van der Waals surface area contributed by atoms with E-state index in [9.17, 15) is 33.4 Å². The van der Waals surface area contributed by atoms with Crippen molar-refractivity contribution in [3.05, 3.63) is 65.2 Å². The number of H-pyrrole nitrogens is 2. The fourth-order valence-electron chi connectivity index (χ4n) is 7.35. The number of rotatable bonds is 10. The van der Waals surface area contributed by atoms with E-state index in [-0.39, 0.29) is 51.9 Å². The van der Waals surface area contributed by atoms with Crippen molar-refractivity contribution in [2.24, 2.45) is 0 Å². The summed E-state index contributed by atoms with van der Waals surface area (Å²) in [5.41, 5.74) is -0.931. The standard InChI is InChI=1S/C18H31N4O6P.C15H25N4O5P.2CH4/c1-13-9-21(18(25)19-17(13)24)16-11-20(2)10-15(28-16)12-27-29(3,26)22-7-4-5-14(22)6-8-23;1-11-7-19(15(21)16-14(11)20)13-10-17(2)8-12(24-13)9-18-5-4-6-23-25(18,3)22;;/h9,14-16,23H,4-8,10-12H2,1-3H3,(H,19,24,25);7,12-13H,4-6,8-10H2,1-3H3,(H,16,20,21);2*1H4/t14-,15+,16?,29?;12-,13?,25?;;/m10../s1. The Morgan fingerprint density at radius 1 is 0.875 bits per heavy atom. The summed E-state index contributed by atoms with van der Waals surface area (Å²) in [5.74, 6) is 0. The highest BCUT2D eigenvalue weighted by Gasteiger charge is 2.38. The summed E-state index contributed by atoms with van der Waals surface area (Å²) in [4.78, 5) is 56.2. The third-order valence-corrected chi connectivity index (χ3v) is 14.3. The fraction of sp³-hybridized carbons (Fsp3) is 0.771. The van der Waals surface area contributed by atoms with Gasteiger partial charge >= 0.3 is 11.4 Å². The van der Waals surface area contributed by atoms with Gasteiger partial charge in [-0.1, -0.05) is 14.9 Å². The molecule has 19 nitrogen and oxygen atoms in total. The Labute approximate surface area is 328 Å². The highest BCUT2D eigenvalue weighted by Crippen LogP contribution is 2.52. The van der Waals surface area contributed by atoms with Crippen LogP contribution in [0.25, 0.3) is 0 Å². The first-order valence-corrected chi connectivity index (χ1v) is 22.4. The summed E-state index contributed by atoms with van der Waals surface area (Å²) in [6.45, 7) is 11.4. The molecule has 3 N–H and O–H groups in total. The Kier molecular flexibility index (Phi) is 17.5. The first kappa shape index (κ1) is 47.8. The average Bonchev–Trinajstić information content (AvgIpc) is 3.58. The van der Waals surface area contributed by atoms with Crippen molar-refractivity contribution in [1.82, 2.24) is 38.2 Å². The van der Waals surface area contributed by atoms with E-state index in [0.717, 1.165) is 19.3 Å². The summed E-state index contributed by atoms with van der Waals surface area (Å²) in [6, 6.07) is 0.0706. The smallest absolute Gasteiger partial charge is 0.330 e. The van der Waals surface area contributed by atoms with Crippen molar-refractivity contribution >= 4 is 15.0 Å². The zero-order chi connectivity index (χ0) is 39.4. The molecule has 0 spiro atoms. The van der Waals surface area contributed by atoms with Gasteiger partial charge in [0.05, 0.1) is 25.4 Å². The number of likely N-dealkylation sites (N-methyl/N-ethyl adjacent to an activating group) is 2. The number of hydrogen-bond donors (Lipinski definition) is 3. The van der Waals surface area contributed by atoms with Gasteiger partial charge in [0.25, 0.3) is 26.2 Å². The van der Waals surface area contributed by atoms with E-state index < -0.39 is 44.4 Å². The van der Waals surface area contributed by atoms with Crippen molar-refractivity contribution in [1.29, 1.82) is 0 Å². The molecule has 2 aromatic rings. The maximum absolute atomic E-state index is 13.2. The van der Waals surface area contributed by atoms with Crippen LogP contribution in [0.2, 0.25) is 0 Å². The van der Waals surface area contributed by atoms with E-state index in [1.165, 1.54) is 21.5 Å². The van der Waals surface area contributed by atoms with Gasteiger partial charge in [-0.05, 0) is 53.6 Å². The molecule has 0 radical (unpaired) electrons. The van der Waals surface area contributed by atoms with Crippen LogP contribution in [-0.4, -0.2) is 155 Å². The molecule has 6 heterocycles. The first-order valence-electron chi connectivity index (χ1n) is 18.4. The molecule has 0 amide bonds. The van der Waals surface area contributed by atoms with Crippen LogP contribution < -0.4 is 22.5 Å². The lowest BCUT2D eigenvalue weighted by Gasteiger charge is -2.40. The second-order valence-corrected chi connectivity index (χ2v) is 19.6. The highest BCUT2D eigenvalue weighted by atomic mass is 31.2. The van der Waals surface area contributed by atoms with E-state index in [0.29, 0.717) is 70.0 Å². The number of nitrogens with zero attached hydrogens (tertiary/aromatic N) is 6.